The maximum atomic E-state index is 11.8. The van der Waals surface area contributed by atoms with Crippen molar-refractivity contribution in [3.8, 4) is 0 Å². The molecule has 0 fully saturated rings. The Bertz CT molecular complexity index is 436. The molecule has 0 saturated carbocycles. The first-order valence-electron chi connectivity index (χ1n) is 4.83. The van der Waals surface area contributed by atoms with Crippen molar-refractivity contribution in [2.75, 3.05) is 14.1 Å². The molecule has 0 unspecified atom stereocenters. The quantitative estimate of drug-likeness (QED) is 0.564. The molecule has 0 N–H and O–H groups in total. The van der Waals surface area contributed by atoms with Crippen molar-refractivity contribution in [3.63, 3.8) is 0 Å². The summed E-state index contributed by atoms with van der Waals surface area (Å²) in [7, 11) is 3.10. The Labute approximate surface area is 92.8 Å². The zero-order valence-electron chi connectivity index (χ0n) is 9.72. The van der Waals surface area contributed by atoms with Gasteiger partial charge in [0.15, 0.2) is 0 Å². The van der Waals surface area contributed by atoms with Gasteiger partial charge in [0, 0.05) is 20.6 Å². The van der Waals surface area contributed by atoms with Crippen LogP contribution in [0.1, 0.15) is 23.1 Å². The molecular formula is C9H14N4O3. The number of amides is 1. The topological polar surface area (TPSA) is 81.3 Å². The highest BCUT2D eigenvalue weighted by molar-refractivity contribution is 5.96. The second kappa shape index (κ2) is 4.30. The summed E-state index contributed by atoms with van der Waals surface area (Å²) < 4.78 is 1.36. The van der Waals surface area contributed by atoms with Crippen molar-refractivity contribution in [1.29, 1.82) is 0 Å². The predicted molar refractivity (Wildman–Crippen MR) is 57.3 cm³/mol. The largest absolute Gasteiger partial charge is 0.343 e. The Morgan fingerprint density at radius 1 is 1.56 bits per heavy atom. The minimum absolute atomic E-state index is 0.0370. The molecule has 0 aliphatic rings. The van der Waals surface area contributed by atoms with Gasteiger partial charge in [-0.25, -0.2) is 0 Å². The number of nitrogens with zero attached hydrogens (tertiary/aromatic N) is 4. The van der Waals surface area contributed by atoms with Crippen LogP contribution in [0.2, 0.25) is 0 Å². The number of hydrogen-bond acceptors (Lipinski definition) is 4. The summed E-state index contributed by atoms with van der Waals surface area (Å²) >= 11 is 0. The van der Waals surface area contributed by atoms with Crippen molar-refractivity contribution in [3.05, 3.63) is 21.5 Å². The van der Waals surface area contributed by atoms with Gasteiger partial charge in [-0.2, -0.15) is 5.10 Å². The number of aromatic nitrogens is 2. The molecular weight excluding hydrogens is 212 g/mol. The highest BCUT2D eigenvalue weighted by Crippen LogP contribution is 2.23. The highest BCUT2D eigenvalue weighted by Gasteiger charge is 2.30. The maximum Gasteiger partial charge on any atom is 0.322 e. The fourth-order valence-electron chi connectivity index (χ4n) is 1.44. The zero-order valence-corrected chi connectivity index (χ0v) is 9.72. The number of hydrogen-bond donors (Lipinski definition) is 0. The van der Waals surface area contributed by atoms with E-state index in [0.29, 0.717) is 6.54 Å². The smallest absolute Gasteiger partial charge is 0.322 e. The predicted octanol–water partition coefficient (Wildman–Crippen LogP) is 0.821. The molecule has 7 nitrogen and oxygen atoms in total. The lowest BCUT2D eigenvalue weighted by molar-refractivity contribution is -0.385. The van der Waals surface area contributed by atoms with Crippen molar-refractivity contribution < 1.29 is 9.72 Å². The second-order valence-corrected chi connectivity index (χ2v) is 3.56. The Kier molecular flexibility index (Phi) is 3.26. The number of nitro groups is 1. The molecule has 1 aromatic rings. The van der Waals surface area contributed by atoms with Gasteiger partial charge < -0.3 is 4.90 Å². The molecule has 0 spiro atoms. The fraction of sp³-hybridized carbons (Fsp3) is 0.556. The van der Waals surface area contributed by atoms with Crippen molar-refractivity contribution >= 4 is 11.6 Å². The third-order valence-electron chi connectivity index (χ3n) is 2.19. The molecule has 1 amide bonds. The van der Waals surface area contributed by atoms with Gasteiger partial charge in [-0.15, -0.1) is 0 Å². The number of aryl methyl sites for hydroxylation is 2. The van der Waals surface area contributed by atoms with Gasteiger partial charge in [-0.1, -0.05) is 0 Å². The molecule has 0 radical (unpaired) electrons. The van der Waals surface area contributed by atoms with E-state index in [-0.39, 0.29) is 17.1 Å². The van der Waals surface area contributed by atoms with E-state index in [1.54, 1.807) is 21.0 Å². The third kappa shape index (κ3) is 1.88. The first-order chi connectivity index (χ1) is 7.40. The summed E-state index contributed by atoms with van der Waals surface area (Å²) in [6, 6.07) is 0. The highest BCUT2D eigenvalue weighted by atomic mass is 16.6. The lowest BCUT2D eigenvalue weighted by Crippen LogP contribution is -2.25. The van der Waals surface area contributed by atoms with E-state index >= 15 is 0 Å². The van der Waals surface area contributed by atoms with E-state index in [9.17, 15) is 14.9 Å². The molecule has 16 heavy (non-hydrogen) atoms. The van der Waals surface area contributed by atoms with Gasteiger partial charge in [0.1, 0.15) is 5.69 Å². The molecule has 0 aliphatic carbocycles. The summed E-state index contributed by atoms with van der Waals surface area (Å²) in [6.45, 7) is 3.73. The molecule has 7 heteroatoms. The molecule has 88 valence electrons. The second-order valence-electron chi connectivity index (χ2n) is 3.56. The fourth-order valence-corrected chi connectivity index (χ4v) is 1.44. The van der Waals surface area contributed by atoms with E-state index in [2.05, 4.69) is 5.10 Å². The lowest BCUT2D eigenvalue weighted by atomic mass is 10.3. The standard InChI is InChI=1S/C9H14N4O3/c1-5-12-8(9(14)11(3)4)7(13(15)16)6(2)10-12/h5H2,1-4H3. The summed E-state index contributed by atoms with van der Waals surface area (Å²) in [5, 5.41) is 14.9. The third-order valence-corrected chi connectivity index (χ3v) is 2.19. The van der Waals surface area contributed by atoms with Gasteiger partial charge in [0.2, 0.25) is 5.69 Å². The molecule has 0 aliphatic heterocycles. The van der Waals surface area contributed by atoms with Crippen LogP contribution >= 0.6 is 0 Å². The Morgan fingerprint density at radius 2 is 2.12 bits per heavy atom. The normalized spacial score (nSPS) is 10.2. The summed E-state index contributed by atoms with van der Waals surface area (Å²) in [4.78, 5) is 23.4. The van der Waals surface area contributed by atoms with Crippen molar-refractivity contribution in [2.45, 2.75) is 20.4 Å². The number of carbonyl (C=O) groups is 1. The zero-order chi connectivity index (χ0) is 12.5. The first kappa shape index (κ1) is 12.2. The SMILES string of the molecule is CCn1nc(C)c([N+](=O)[O-])c1C(=O)N(C)C. The average molecular weight is 226 g/mol. The van der Waals surface area contributed by atoms with E-state index in [4.69, 9.17) is 0 Å². The van der Waals surface area contributed by atoms with Gasteiger partial charge in [0.25, 0.3) is 5.91 Å². The Morgan fingerprint density at radius 3 is 2.50 bits per heavy atom. The van der Waals surface area contributed by atoms with E-state index in [1.807, 2.05) is 0 Å². The molecule has 1 heterocycles. The van der Waals surface area contributed by atoms with E-state index in [0.717, 1.165) is 0 Å². The van der Waals surface area contributed by atoms with Crippen LogP contribution in [0.25, 0.3) is 0 Å². The lowest BCUT2D eigenvalue weighted by Gasteiger charge is -2.10. The van der Waals surface area contributed by atoms with Crippen LogP contribution < -0.4 is 0 Å². The summed E-state index contributed by atoms with van der Waals surface area (Å²) in [5.74, 6) is -0.408. The Hall–Kier alpha value is -1.92. The van der Waals surface area contributed by atoms with Crippen LogP contribution in [-0.4, -0.2) is 39.6 Å². The van der Waals surface area contributed by atoms with Crippen molar-refractivity contribution in [2.24, 2.45) is 0 Å². The molecule has 1 aromatic heterocycles. The van der Waals surface area contributed by atoms with E-state index in [1.165, 1.54) is 16.5 Å². The van der Waals surface area contributed by atoms with Crippen LogP contribution in [0.5, 0.6) is 0 Å². The minimum Gasteiger partial charge on any atom is -0.343 e. The van der Waals surface area contributed by atoms with E-state index < -0.39 is 10.8 Å². The number of rotatable bonds is 3. The monoisotopic (exact) mass is 226 g/mol. The molecule has 0 atom stereocenters. The summed E-state index contributed by atoms with van der Waals surface area (Å²) in [6.07, 6.45) is 0. The van der Waals surface area contributed by atoms with Crippen molar-refractivity contribution in [1.82, 2.24) is 14.7 Å². The molecule has 0 aromatic carbocycles. The molecule has 0 saturated heterocycles. The first-order valence-corrected chi connectivity index (χ1v) is 4.83. The van der Waals surface area contributed by atoms with Gasteiger partial charge in [-0.05, 0) is 13.8 Å². The maximum absolute atomic E-state index is 11.8. The van der Waals surface area contributed by atoms with Crippen LogP contribution in [-0.2, 0) is 6.54 Å². The van der Waals surface area contributed by atoms with Gasteiger partial charge >= 0.3 is 5.69 Å². The Balaban J connectivity index is 3.44. The van der Waals surface area contributed by atoms with Gasteiger partial charge in [-0.3, -0.25) is 19.6 Å². The van der Waals surface area contributed by atoms with Gasteiger partial charge in [0.05, 0.1) is 4.92 Å². The molecule has 1 rings (SSSR count). The average Bonchev–Trinajstić information content (AvgIpc) is 2.53. The van der Waals surface area contributed by atoms with Crippen LogP contribution in [0.4, 0.5) is 5.69 Å². The number of carbonyl (C=O) groups excluding carboxylic acids is 1. The van der Waals surface area contributed by atoms with Crippen LogP contribution in [0.15, 0.2) is 0 Å². The summed E-state index contributed by atoms with van der Waals surface area (Å²) in [5.41, 5.74) is 0.0904. The minimum atomic E-state index is -0.564. The van der Waals surface area contributed by atoms with Crippen LogP contribution in [0.3, 0.4) is 0 Å². The molecule has 0 bridgehead atoms. The van der Waals surface area contributed by atoms with Crippen LogP contribution in [0, 0.1) is 17.0 Å².